The molecule has 0 fully saturated rings. The van der Waals surface area contributed by atoms with Crippen molar-refractivity contribution >= 4 is 18.1 Å². The molecule has 2 aromatic heterocycles. The number of amides is 1. The number of aliphatic hydroxyl groups is 1. The van der Waals surface area contributed by atoms with Gasteiger partial charge in [-0.15, -0.1) is 0 Å². The van der Waals surface area contributed by atoms with Gasteiger partial charge >= 0.3 is 0 Å². The molecule has 0 aliphatic carbocycles. The van der Waals surface area contributed by atoms with Gasteiger partial charge in [0.2, 0.25) is 5.88 Å². The zero-order valence-electron chi connectivity index (χ0n) is 21.0. The Kier molecular flexibility index (Phi) is 8.40. The van der Waals surface area contributed by atoms with Crippen molar-refractivity contribution in [3.05, 3.63) is 83.6 Å². The maximum atomic E-state index is 13.6. The van der Waals surface area contributed by atoms with Crippen LogP contribution in [0.3, 0.4) is 0 Å². The molecule has 3 aromatic rings. The highest BCUT2D eigenvalue weighted by Crippen LogP contribution is 2.28. The molecule has 3 atom stereocenters. The van der Waals surface area contributed by atoms with Gasteiger partial charge in [0, 0.05) is 49.7 Å². The Labute approximate surface area is 212 Å². The molecule has 0 saturated carbocycles. The maximum absolute atomic E-state index is 13.6. The van der Waals surface area contributed by atoms with Crippen molar-refractivity contribution in [3.8, 4) is 5.88 Å². The number of nitrogens with zero attached hydrogens (tertiary/aromatic N) is 5. The molecule has 1 amide bonds. The summed E-state index contributed by atoms with van der Waals surface area (Å²) in [5.74, 6) is 0.152. The summed E-state index contributed by atoms with van der Waals surface area (Å²) in [6.07, 6.45) is 10.6. The molecule has 36 heavy (non-hydrogen) atoms. The lowest BCUT2D eigenvalue weighted by Gasteiger charge is -2.37. The van der Waals surface area contributed by atoms with E-state index in [0.29, 0.717) is 31.1 Å². The molecule has 0 spiro atoms. The summed E-state index contributed by atoms with van der Waals surface area (Å²) in [7, 11) is 2.02. The number of hydrogen-bond acceptors (Lipinski definition) is 7. The first-order valence-corrected chi connectivity index (χ1v) is 12.2. The van der Waals surface area contributed by atoms with E-state index in [0.717, 1.165) is 16.7 Å². The number of likely N-dealkylation sites (N-methyl/N-ethyl adjacent to an activating group) is 1. The van der Waals surface area contributed by atoms with Crippen LogP contribution in [0.1, 0.15) is 40.9 Å². The van der Waals surface area contributed by atoms with Crippen LogP contribution in [0.2, 0.25) is 0 Å². The lowest BCUT2D eigenvalue weighted by molar-refractivity contribution is 0.0325. The average molecular weight is 488 g/mol. The molecule has 3 heterocycles. The zero-order chi connectivity index (χ0) is 25.5. The first kappa shape index (κ1) is 25.5. The van der Waals surface area contributed by atoms with Crippen LogP contribution in [-0.2, 0) is 6.54 Å². The summed E-state index contributed by atoms with van der Waals surface area (Å²) in [5, 5.41) is 9.87. The van der Waals surface area contributed by atoms with E-state index < -0.39 is 0 Å². The van der Waals surface area contributed by atoms with Gasteiger partial charge in [0.1, 0.15) is 18.0 Å². The number of aromatic nitrogens is 3. The van der Waals surface area contributed by atoms with Crippen molar-refractivity contribution in [1.82, 2.24) is 24.8 Å². The molecule has 188 valence electrons. The third kappa shape index (κ3) is 6.33. The minimum atomic E-state index is -0.325. The molecule has 8 heteroatoms. The molecular weight excluding hydrogens is 454 g/mol. The molecule has 8 nitrogen and oxygen atoms in total. The Morgan fingerprint density at radius 1 is 1.17 bits per heavy atom. The quantitative estimate of drug-likeness (QED) is 0.521. The highest BCUT2D eigenvalue weighted by atomic mass is 16.5. The van der Waals surface area contributed by atoms with Crippen LogP contribution in [-0.4, -0.2) is 74.7 Å². The Hall–Kier alpha value is -3.62. The van der Waals surface area contributed by atoms with Crippen molar-refractivity contribution in [3.63, 3.8) is 0 Å². The standard InChI is InChI=1S/C28H33N5O3/c1-20-15-33(21(2)18-34)28(35)25-11-23(10-9-22-7-5-4-6-8-22)14-31-27(25)36-26(20)17-32(3)16-24-12-29-19-30-13-24/h4-14,19-21,26,34H,15-18H2,1-3H3/b10-9+/t20-,21+,26-/m0/s1. The van der Waals surface area contributed by atoms with Crippen molar-refractivity contribution in [1.29, 1.82) is 0 Å². The first-order valence-electron chi connectivity index (χ1n) is 12.2. The Bertz CT molecular complexity index is 1170. The van der Waals surface area contributed by atoms with Crippen LogP contribution < -0.4 is 4.74 Å². The zero-order valence-corrected chi connectivity index (χ0v) is 21.0. The Morgan fingerprint density at radius 2 is 1.89 bits per heavy atom. The number of ether oxygens (including phenoxy) is 1. The lowest BCUT2D eigenvalue weighted by atomic mass is 9.99. The second kappa shape index (κ2) is 11.9. The summed E-state index contributed by atoms with van der Waals surface area (Å²) >= 11 is 0. The number of aliphatic hydroxyl groups excluding tert-OH is 1. The molecule has 1 aliphatic heterocycles. The van der Waals surface area contributed by atoms with E-state index in [9.17, 15) is 9.90 Å². The third-order valence-electron chi connectivity index (χ3n) is 6.37. The molecule has 1 N–H and O–H groups in total. The molecule has 0 radical (unpaired) electrons. The number of carbonyl (C=O) groups is 1. The second-order valence-corrected chi connectivity index (χ2v) is 9.43. The predicted octanol–water partition coefficient (Wildman–Crippen LogP) is 3.39. The van der Waals surface area contributed by atoms with Crippen LogP contribution >= 0.6 is 0 Å². The fraction of sp³-hybridized carbons (Fsp3) is 0.357. The number of pyridine rings is 1. The molecule has 4 rings (SSSR count). The van der Waals surface area contributed by atoms with Crippen molar-refractivity contribution in [2.45, 2.75) is 32.5 Å². The van der Waals surface area contributed by atoms with Gasteiger partial charge in [-0.1, -0.05) is 49.4 Å². The highest BCUT2D eigenvalue weighted by molar-refractivity contribution is 5.97. The van der Waals surface area contributed by atoms with Gasteiger partial charge in [0.25, 0.3) is 5.91 Å². The SMILES string of the molecule is C[C@H](CO)N1C[C@H](C)[C@H](CN(C)Cc2cncnc2)Oc2ncc(/C=C/c3ccccc3)cc2C1=O. The summed E-state index contributed by atoms with van der Waals surface area (Å²) in [4.78, 5) is 30.2. The van der Waals surface area contributed by atoms with E-state index in [1.807, 2.05) is 62.5 Å². The van der Waals surface area contributed by atoms with Gasteiger partial charge < -0.3 is 14.7 Å². The van der Waals surface area contributed by atoms with Crippen LogP contribution in [0.25, 0.3) is 12.2 Å². The predicted molar refractivity (Wildman–Crippen MR) is 139 cm³/mol. The molecule has 0 bridgehead atoms. The minimum Gasteiger partial charge on any atom is -0.472 e. The third-order valence-corrected chi connectivity index (χ3v) is 6.37. The summed E-state index contributed by atoms with van der Waals surface area (Å²) in [5.41, 5.74) is 3.28. The van der Waals surface area contributed by atoms with Crippen molar-refractivity contribution in [2.24, 2.45) is 5.92 Å². The number of benzene rings is 1. The van der Waals surface area contributed by atoms with Crippen LogP contribution in [0.4, 0.5) is 0 Å². The topological polar surface area (TPSA) is 91.7 Å². The molecule has 0 saturated heterocycles. The normalized spacial score (nSPS) is 19.0. The van der Waals surface area contributed by atoms with Gasteiger partial charge in [0.05, 0.1) is 12.6 Å². The van der Waals surface area contributed by atoms with E-state index in [1.165, 1.54) is 6.33 Å². The maximum Gasteiger partial charge on any atom is 0.259 e. The van der Waals surface area contributed by atoms with Gasteiger partial charge in [0.15, 0.2) is 0 Å². The molecule has 1 aliphatic rings. The summed E-state index contributed by atoms with van der Waals surface area (Å²) < 4.78 is 6.39. The second-order valence-electron chi connectivity index (χ2n) is 9.43. The Balaban J connectivity index is 1.61. The first-order chi connectivity index (χ1) is 17.4. The van der Waals surface area contributed by atoms with E-state index in [4.69, 9.17) is 4.74 Å². The number of fused-ring (bicyclic) bond motifs is 1. The monoisotopic (exact) mass is 487 g/mol. The fourth-order valence-corrected chi connectivity index (χ4v) is 4.28. The van der Waals surface area contributed by atoms with Crippen LogP contribution in [0.15, 0.2) is 61.3 Å². The average Bonchev–Trinajstić information content (AvgIpc) is 2.90. The van der Waals surface area contributed by atoms with Gasteiger partial charge in [-0.3, -0.25) is 9.69 Å². The number of hydrogen-bond donors (Lipinski definition) is 1. The number of carbonyl (C=O) groups excluding carboxylic acids is 1. The van der Waals surface area contributed by atoms with Crippen molar-refractivity contribution < 1.29 is 14.6 Å². The van der Waals surface area contributed by atoms with Gasteiger partial charge in [-0.05, 0) is 31.2 Å². The van der Waals surface area contributed by atoms with Crippen LogP contribution in [0.5, 0.6) is 5.88 Å². The lowest BCUT2D eigenvalue weighted by Crippen LogP contribution is -2.49. The molecule has 0 unspecified atom stereocenters. The van der Waals surface area contributed by atoms with Crippen molar-refractivity contribution in [2.75, 3.05) is 26.7 Å². The number of rotatable bonds is 8. The van der Waals surface area contributed by atoms with E-state index in [-0.39, 0.29) is 30.6 Å². The molecule has 1 aromatic carbocycles. The van der Waals surface area contributed by atoms with E-state index >= 15 is 0 Å². The summed E-state index contributed by atoms with van der Waals surface area (Å²) in [6, 6.07) is 11.5. The van der Waals surface area contributed by atoms with Crippen LogP contribution in [0, 0.1) is 5.92 Å². The van der Waals surface area contributed by atoms with Gasteiger partial charge in [-0.25, -0.2) is 15.0 Å². The smallest absolute Gasteiger partial charge is 0.259 e. The minimum absolute atomic E-state index is 0.0185. The molecular formula is C28H33N5O3. The fourth-order valence-electron chi connectivity index (χ4n) is 4.28. The largest absolute Gasteiger partial charge is 0.472 e. The van der Waals surface area contributed by atoms with Gasteiger partial charge in [-0.2, -0.15) is 0 Å². The summed E-state index contributed by atoms with van der Waals surface area (Å²) in [6.45, 7) is 5.58. The van der Waals surface area contributed by atoms with E-state index in [2.05, 4.69) is 26.8 Å². The Morgan fingerprint density at radius 3 is 2.61 bits per heavy atom. The highest BCUT2D eigenvalue weighted by Gasteiger charge is 2.34. The van der Waals surface area contributed by atoms with E-state index in [1.54, 1.807) is 23.5 Å².